The molecule has 0 amide bonds. The van der Waals surface area contributed by atoms with Crippen LogP contribution in [-0.2, 0) is 0 Å². The van der Waals surface area contributed by atoms with E-state index in [1.165, 1.54) is 6.08 Å². The van der Waals surface area contributed by atoms with Crippen LogP contribution in [-0.4, -0.2) is 6.18 Å². The summed E-state index contributed by atoms with van der Waals surface area (Å²) in [4.78, 5) is 0. The Morgan fingerprint density at radius 2 is 1.93 bits per heavy atom. The van der Waals surface area contributed by atoms with Gasteiger partial charge in [0.05, 0.1) is 0 Å². The molecule has 1 atom stereocenters. The highest BCUT2D eigenvalue weighted by Gasteiger charge is 2.29. The Labute approximate surface area is 89.2 Å². The van der Waals surface area contributed by atoms with Gasteiger partial charge in [-0.15, -0.1) is 0 Å². The van der Waals surface area contributed by atoms with Crippen molar-refractivity contribution in [3.8, 4) is 0 Å². The van der Waals surface area contributed by atoms with Gasteiger partial charge in [0.1, 0.15) is 0 Å². The average molecular weight is 218 g/mol. The number of allylic oxidation sites excluding steroid dienone is 5. The quantitative estimate of drug-likeness (QED) is 0.602. The third kappa shape index (κ3) is 5.45. The summed E-state index contributed by atoms with van der Waals surface area (Å²) in [5, 5.41) is 0. The van der Waals surface area contributed by atoms with E-state index in [2.05, 4.69) is 6.58 Å². The molecule has 0 saturated carbocycles. The van der Waals surface area contributed by atoms with Crippen molar-refractivity contribution < 1.29 is 13.2 Å². The van der Waals surface area contributed by atoms with Gasteiger partial charge < -0.3 is 0 Å². The Kier molecular flexibility index (Phi) is 5.40. The van der Waals surface area contributed by atoms with Gasteiger partial charge in [0.15, 0.2) is 0 Å². The first kappa shape index (κ1) is 14.0. The normalized spacial score (nSPS) is 15.7. The lowest BCUT2D eigenvalue weighted by molar-refractivity contribution is -0.0878. The molecule has 0 aromatic carbocycles. The molecular weight excluding hydrogens is 201 g/mol. The minimum atomic E-state index is -4.32. The number of hydrogen-bond acceptors (Lipinski definition) is 0. The fourth-order valence-corrected chi connectivity index (χ4v) is 0.897. The van der Waals surface area contributed by atoms with Gasteiger partial charge in [-0.1, -0.05) is 44.2 Å². The lowest BCUT2D eigenvalue weighted by Gasteiger charge is -2.07. The van der Waals surface area contributed by atoms with Gasteiger partial charge in [0.2, 0.25) is 0 Å². The molecule has 86 valence electrons. The molecule has 0 nitrogen and oxygen atoms in total. The molecule has 15 heavy (non-hydrogen) atoms. The summed E-state index contributed by atoms with van der Waals surface area (Å²) in [6.45, 7) is 8.94. The second-order valence-electron chi connectivity index (χ2n) is 3.60. The highest BCUT2D eigenvalue weighted by Crippen LogP contribution is 2.24. The molecule has 0 rings (SSSR count). The van der Waals surface area contributed by atoms with Crippen molar-refractivity contribution in [2.75, 3.05) is 0 Å². The first-order chi connectivity index (χ1) is 6.79. The molecule has 0 radical (unpaired) electrons. The SMILES string of the molecule is C=C(/C=C\C=C(\C)C(C)CC)C(F)(F)F. The van der Waals surface area contributed by atoms with Gasteiger partial charge in [-0.05, 0) is 19.3 Å². The van der Waals surface area contributed by atoms with Gasteiger partial charge in [0.25, 0.3) is 0 Å². The van der Waals surface area contributed by atoms with E-state index >= 15 is 0 Å². The van der Waals surface area contributed by atoms with Gasteiger partial charge in [-0.25, -0.2) is 0 Å². The molecule has 0 N–H and O–H groups in total. The van der Waals surface area contributed by atoms with E-state index in [4.69, 9.17) is 0 Å². The van der Waals surface area contributed by atoms with E-state index in [9.17, 15) is 13.2 Å². The summed E-state index contributed by atoms with van der Waals surface area (Å²) in [6, 6.07) is 0. The number of alkyl halides is 3. The predicted octanol–water partition coefficient (Wildman–Crippen LogP) is 4.65. The Morgan fingerprint density at radius 1 is 1.40 bits per heavy atom. The maximum Gasteiger partial charge on any atom is 0.415 e. The van der Waals surface area contributed by atoms with Crippen LogP contribution in [0.4, 0.5) is 13.2 Å². The maximum absolute atomic E-state index is 12.0. The van der Waals surface area contributed by atoms with Crippen LogP contribution >= 0.6 is 0 Å². The zero-order chi connectivity index (χ0) is 12.1. The van der Waals surface area contributed by atoms with Crippen LogP contribution in [0, 0.1) is 5.92 Å². The highest BCUT2D eigenvalue weighted by atomic mass is 19.4. The molecule has 0 aliphatic rings. The first-order valence-electron chi connectivity index (χ1n) is 4.90. The number of rotatable bonds is 4. The third-order valence-electron chi connectivity index (χ3n) is 2.41. The minimum absolute atomic E-state index is 0.397. The zero-order valence-electron chi connectivity index (χ0n) is 9.36. The van der Waals surface area contributed by atoms with Crippen LogP contribution in [0.15, 0.2) is 36.0 Å². The van der Waals surface area contributed by atoms with E-state index in [1.54, 1.807) is 6.08 Å². The van der Waals surface area contributed by atoms with Crippen molar-refractivity contribution in [3.05, 3.63) is 36.0 Å². The first-order valence-corrected chi connectivity index (χ1v) is 4.90. The Hall–Kier alpha value is -0.990. The third-order valence-corrected chi connectivity index (χ3v) is 2.41. The summed E-state index contributed by atoms with van der Waals surface area (Å²) in [6.07, 6.45) is 0.749. The maximum atomic E-state index is 12.0. The van der Waals surface area contributed by atoms with Gasteiger partial charge >= 0.3 is 6.18 Å². The van der Waals surface area contributed by atoms with Crippen molar-refractivity contribution in [1.29, 1.82) is 0 Å². The molecule has 0 aromatic heterocycles. The van der Waals surface area contributed by atoms with Crippen molar-refractivity contribution in [1.82, 2.24) is 0 Å². The molecule has 0 aromatic rings. The van der Waals surface area contributed by atoms with E-state index < -0.39 is 11.7 Å². The smallest absolute Gasteiger partial charge is 0.166 e. The largest absolute Gasteiger partial charge is 0.415 e. The van der Waals surface area contributed by atoms with Crippen LogP contribution in [0.25, 0.3) is 0 Å². The highest BCUT2D eigenvalue weighted by molar-refractivity contribution is 5.25. The number of halogens is 3. The van der Waals surface area contributed by atoms with Crippen LogP contribution in [0.2, 0.25) is 0 Å². The second-order valence-corrected chi connectivity index (χ2v) is 3.60. The molecule has 0 saturated heterocycles. The Morgan fingerprint density at radius 3 is 2.33 bits per heavy atom. The summed E-state index contributed by atoms with van der Waals surface area (Å²) >= 11 is 0. The van der Waals surface area contributed by atoms with Crippen molar-refractivity contribution in [3.63, 3.8) is 0 Å². The van der Waals surface area contributed by atoms with E-state index in [0.717, 1.165) is 18.1 Å². The molecule has 1 unspecified atom stereocenters. The summed E-state index contributed by atoms with van der Waals surface area (Å²) in [7, 11) is 0. The Balaban J connectivity index is 4.38. The van der Waals surface area contributed by atoms with Crippen molar-refractivity contribution in [2.45, 2.75) is 33.4 Å². The molecule has 0 aliphatic carbocycles. The molecule has 0 aliphatic heterocycles. The monoisotopic (exact) mass is 218 g/mol. The van der Waals surface area contributed by atoms with Gasteiger partial charge in [0, 0.05) is 5.57 Å². The predicted molar refractivity (Wildman–Crippen MR) is 57.5 cm³/mol. The van der Waals surface area contributed by atoms with Crippen molar-refractivity contribution in [2.24, 2.45) is 5.92 Å². The average Bonchev–Trinajstić information content (AvgIpc) is 2.14. The molecular formula is C12H17F3. The molecule has 0 fully saturated rings. The molecule has 3 heteroatoms. The lowest BCUT2D eigenvalue weighted by atomic mass is 10.00. The summed E-state index contributed by atoms with van der Waals surface area (Å²) in [5.41, 5.74) is 0.249. The fraction of sp³-hybridized carbons (Fsp3) is 0.500. The lowest BCUT2D eigenvalue weighted by Crippen LogP contribution is -2.08. The van der Waals surface area contributed by atoms with Gasteiger partial charge in [-0.2, -0.15) is 13.2 Å². The topological polar surface area (TPSA) is 0 Å². The molecule has 0 spiro atoms. The fourth-order valence-electron chi connectivity index (χ4n) is 0.897. The van der Waals surface area contributed by atoms with E-state index in [0.29, 0.717) is 5.92 Å². The molecule has 0 heterocycles. The number of hydrogen-bond donors (Lipinski definition) is 0. The van der Waals surface area contributed by atoms with Crippen LogP contribution in [0.3, 0.4) is 0 Å². The van der Waals surface area contributed by atoms with Crippen LogP contribution in [0.1, 0.15) is 27.2 Å². The van der Waals surface area contributed by atoms with Crippen LogP contribution in [0.5, 0.6) is 0 Å². The standard InChI is InChI=1S/C12H17F3/c1-5-9(2)10(3)7-6-8-11(4)12(13,14)15/h6-9H,4-5H2,1-3H3/b8-6-,10-7-. The minimum Gasteiger partial charge on any atom is -0.166 e. The van der Waals surface area contributed by atoms with E-state index in [1.807, 2.05) is 20.8 Å². The van der Waals surface area contributed by atoms with Crippen LogP contribution < -0.4 is 0 Å². The molecule has 0 bridgehead atoms. The van der Waals surface area contributed by atoms with Crippen molar-refractivity contribution >= 4 is 0 Å². The summed E-state index contributed by atoms with van der Waals surface area (Å²) in [5.74, 6) is 0.397. The second kappa shape index (κ2) is 5.79. The zero-order valence-corrected chi connectivity index (χ0v) is 9.36. The van der Waals surface area contributed by atoms with E-state index in [-0.39, 0.29) is 0 Å². The summed E-state index contributed by atoms with van der Waals surface area (Å²) < 4.78 is 36.1. The van der Waals surface area contributed by atoms with Gasteiger partial charge in [-0.3, -0.25) is 0 Å². The Bertz CT molecular complexity index is 269.